The number of aryl methyl sites for hydroxylation is 2. The number of carboxylic acids is 1. The number of piperidine rings is 1. The third-order valence-corrected chi connectivity index (χ3v) is 9.98. The van der Waals surface area contributed by atoms with Crippen LogP contribution in [-0.2, 0) is 17.6 Å². The fourth-order valence-corrected chi connectivity index (χ4v) is 7.54. The fourth-order valence-electron chi connectivity index (χ4n) is 7.34. The van der Waals surface area contributed by atoms with Crippen LogP contribution >= 0.6 is 11.6 Å². The summed E-state index contributed by atoms with van der Waals surface area (Å²) < 4.78 is 6.07. The molecule has 2 aliphatic carbocycles. The molecule has 0 bridgehead atoms. The third kappa shape index (κ3) is 7.50. The molecule has 226 valence electrons. The third-order valence-electron chi connectivity index (χ3n) is 9.74. The normalized spacial score (nSPS) is 20.7. The summed E-state index contributed by atoms with van der Waals surface area (Å²) in [6, 6.07) is 19.3. The van der Waals surface area contributed by atoms with Gasteiger partial charge < -0.3 is 14.7 Å². The number of carboxylic acid groups (broad SMARTS) is 1. The standard InChI is InChI=1S/C37H43ClN2O3/c38-32-13-16-34-31(25-32)10-9-30-4-3-19-39-37(30)36(34)29-17-21-40(22-18-29)20-1-2-23-43-33-14-11-28(12-15-33)27-7-5-26(6-8-27)24-35(41)42/h3-4,11-16,19,25-27H,1-2,5-10,17-18,20-24H2,(H,41,42). The van der Waals surface area contributed by atoms with Crippen LogP contribution in [0.4, 0.5) is 0 Å². The molecule has 2 heterocycles. The lowest BCUT2D eigenvalue weighted by Gasteiger charge is -2.30. The van der Waals surface area contributed by atoms with Gasteiger partial charge in [0.25, 0.3) is 0 Å². The lowest BCUT2D eigenvalue weighted by molar-refractivity contribution is -0.138. The van der Waals surface area contributed by atoms with E-state index in [1.54, 1.807) is 0 Å². The first-order valence-electron chi connectivity index (χ1n) is 16.2. The molecule has 3 aromatic rings. The van der Waals surface area contributed by atoms with E-state index >= 15 is 0 Å². The monoisotopic (exact) mass is 598 g/mol. The molecule has 6 rings (SSSR count). The number of pyridine rings is 1. The quantitative estimate of drug-likeness (QED) is 0.251. The fraction of sp³-hybridized carbons (Fsp3) is 0.459. The zero-order valence-electron chi connectivity index (χ0n) is 25.1. The van der Waals surface area contributed by atoms with Crippen molar-refractivity contribution in [2.75, 3.05) is 26.2 Å². The van der Waals surface area contributed by atoms with Crippen molar-refractivity contribution in [3.63, 3.8) is 0 Å². The van der Waals surface area contributed by atoms with Gasteiger partial charge >= 0.3 is 5.97 Å². The van der Waals surface area contributed by atoms with E-state index in [4.69, 9.17) is 26.4 Å². The van der Waals surface area contributed by atoms with E-state index in [-0.39, 0.29) is 0 Å². The Hall–Kier alpha value is -3.15. The minimum absolute atomic E-state index is 0.314. The van der Waals surface area contributed by atoms with Gasteiger partial charge in [-0.3, -0.25) is 9.78 Å². The molecule has 0 radical (unpaired) electrons. The molecule has 1 N–H and O–H groups in total. The van der Waals surface area contributed by atoms with Gasteiger partial charge in [0.05, 0.1) is 12.3 Å². The molecule has 43 heavy (non-hydrogen) atoms. The summed E-state index contributed by atoms with van der Waals surface area (Å²) in [7, 11) is 0. The molecule has 0 amide bonds. The van der Waals surface area contributed by atoms with Gasteiger partial charge in [-0.25, -0.2) is 0 Å². The first-order valence-corrected chi connectivity index (χ1v) is 16.5. The minimum Gasteiger partial charge on any atom is -0.494 e. The molecule has 6 heteroatoms. The predicted molar refractivity (Wildman–Crippen MR) is 173 cm³/mol. The second kappa shape index (κ2) is 14.1. The van der Waals surface area contributed by atoms with Crippen molar-refractivity contribution in [1.29, 1.82) is 0 Å². The van der Waals surface area contributed by atoms with Gasteiger partial charge in [0.2, 0.25) is 0 Å². The van der Waals surface area contributed by atoms with Gasteiger partial charge in [-0.05, 0) is 135 Å². The Morgan fingerprint density at radius 2 is 1.70 bits per heavy atom. The Kier molecular flexibility index (Phi) is 9.80. The van der Waals surface area contributed by atoms with Gasteiger partial charge in [-0.2, -0.15) is 0 Å². The molecule has 0 spiro atoms. The average molecular weight is 599 g/mol. The highest BCUT2D eigenvalue weighted by atomic mass is 35.5. The van der Waals surface area contributed by atoms with Crippen LogP contribution in [0.1, 0.15) is 91.7 Å². The maximum atomic E-state index is 11.0. The molecule has 5 nitrogen and oxygen atoms in total. The highest BCUT2D eigenvalue weighted by molar-refractivity contribution is 6.30. The number of carbonyl (C=O) groups is 1. The summed E-state index contributed by atoms with van der Waals surface area (Å²) >= 11 is 6.39. The summed E-state index contributed by atoms with van der Waals surface area (Å²) in [5, 5.41) is 9.86. The van der Waals surface area contributed by atoms with Crippen LogP contribution in [0.5, 0.6) is 5.75 Å². The molecule has 1 aliphatic heterocycles. The van der Waals surface area contributed by atoms with Crippen LogP contribution in [-0.4, -0.2) is 47.2 Å². The number of hydrogen-bond donors (Lipinski definition) is 1. The zero-order valence-corrected chi connectivity index (χ0v) is 25.8. The van der Waals surface area contributed by atoms with Gasteiger partial charge in [-0.1, -0.05) is 41.4 Å². The van der Waals surface area contributed by atoms with Crippen molar-refractivity contribution in [2.45, 2.75) is 76.5 Å². The Bertz CT molecular complexity index is 1430. The van der Waals surface area contributed by atoms with Crippen LogP contribution in [0.2, 0.25) is 5.02 Å². The number of likely N-dealkylation sites (tertiary alicyclic amines) is 1. The Morgan fingerprint density at radius 3 is 2.47 bits per heavy atom. The van der Waals surface area contributed by atoms with Crippen LogP contribution in [0.3, 0.4) is 0 Å². The SMILES string of the molecule is O=C(O)CC1CCC(c2ccc(OCCCCN3CCC(=C4c5ccc(Cl)cc5CCc5cccnc54)CC3)cc2)CC1. The van der Waals surface area contributed by atoms with E-state index in [0.717, 1.165) is 101 Å². The number of halogens is 1. The summed E-state index contributed by atoms with van der Waals surface area (Å²) in [5.74, 6) is 1.16. The summed E-state index contributed by atoms with van der Waals surface area (Å²) in [4.78, 5) is 18.5. The van der Waals surface area contributed by atoms with E-state index in [2.05, 4.69) is 53.4 Å². The van der Waals surface area contributed by atoms with Crippen LogP contribution in [0.25, 0.3) is 5.57 Å². The number of hydrogen-bond acceptors (Lipinski definition) is 4. The number of fused-ring (bicyclic) bond motifs is 2. The van der Waals surface area contributed by atoms with Gasteiger partial charge in [0.1, 0.15) is 5.75 Å². The van der Waals surface area contributed by atoms with Crippen molar-refractivity contribution >= 4 is 23.1 Å². The molecule has 0 atom stereocenters. The number of aromatic nitrogens is 1. The molecule has 2 aromatic carbocycles. The van der Waals surface area contributed by atoms with E-state index in [0.29, 0.717) is 18.3 Å². The second-order valence-electron chi connectivity index (χ2n) is 12.6. The first kappa shape index (κ1) is 29.9. The van der Waals surface area contributed by atoms with Gasteiger partial charge in [0, 0.05) is 36.3 Å². The summed E-state index contributed by atoms with van der Waals surface area (Å²) in [5.41, 5.74) is 9.40. The Morgan fingerprint density at radius 1 is 0.930 bits per heavy atom. The molecule has 1 aromatic heterocycles. The van der Waals surface area contributed by atoms with E-state index < -0.39 is 5.97 Å². The second-order valence-corrected chi connectivity index (χ2v) is 13.0. The van der Waals surface area contributed by atoms with Crippen molar-refractivity contribution in [1.82, 2.24) is 9.88 Å². The minimum atomic E-state index is -0.667. The zero-order chi connectivity index (χ0) is 29.6. The highest BCUT2D eigenvalue weighted by Gasteiger charge is 2.26. The number of aliphatic carboxylic acids is 1. The number of benzene rings is 2. The Balaban J connectivity index is 0.961. The maximum Gasteiger partial charge on any atom is 0.303 e. The van der Waals surface area contributed by atoms with E-state index in [1.165, 1.54) is 39.1 Å². The predicted octanol–water partition coefficient (Wildman–Crippen LogP) is 8.34. The average Bonchev–Trinajstić information content (AvgIpc) is 3.18. The van der Waals surface area contributed by atoms with Crippen molar-refractivity contribution in [3.05, 3.63) is 99.3 Å². The number of nitrogens with zero attached hydrogens (tertiary/aromatic N) is 2. The lowest BCUT2D eigenvalue weighted by atomic mass is 9.77. The highest BCUT2D eigenvalue weighted by Crippen LogP contribution is 2.39. The van der Waals surface area contributed by atoms with Crippen molar-refractivity contribution in [2.24, 2.45) is 5.92 Å². The smallest absolute Gasteiger partial charge is 0.303 e. The number of unbranched alkanes of at least 4 members (excludes halogenated alkanes) is 1. The first-order chi connectivity index (χ1) is 21.0. The van der Waals surface area contributed by atoms with Crippen LogP contribution < -0.4 is 4.74 Å². The van der Waals surface area contributed by atoms with Crippen molar-refractivity contribution < 1.29 is 14.6 Å². The molecule has 0 unspecified atom stereocenters. The maximum absolute atomic E-state index is 11.0. The molecule has 1 saturated heterocycles. The molecule has 1 saturated carbocycles. The molecule has 3 aliphatic rings. The number of rotatable bonds is 9. The topological polar surface area (TPSA) is 62.7 Å². The lowest BCUT2D eigenvalue weighted by Crippen LogP contribution is -2.32. The molecule has 2 fully saturated rings. The summed E-state index contributed by atoms with van der Waals surface area (Å²) in [6.07, 6.45) is 12.8. The van der Waals surface area contributed by atoms with Gasteiger partial charge in [0.15, 0.2) is 0 Å². The van der Waals surface area contributed by atoms with Crippen LogP contribution in [0, 0.1) is 5.92 Å². The summed E-state index contributed by atoms with van der Waals surface area (Å²) in [6.45, 7) is 4.02. The van der Waals surface area contributed by atoms with E-state index in [1.807, 2.05) is 12.3 Å². The number of ether oxygens (including phenoxy) is 1. The van der Waals surface area contributed by atoms with Crippen LogP contribution in [0.15, 0.2) is 66.4 Å². The van der Waals surface area contributed by atoms with Gasteiger partial charge in [-0.15, -0.1) is 0 Å². The Labute approximate surface area is 260 Å². The molecular formula is C37H43ClN2O3. The van der Waals surface area contributed by atoms with E-state index in [9.17, 15) is 4.79 Å². The molecular weight excluding hydrogens is 556 g/mol. The largest absolute Gasteiger partial charge is 0.494 e. The van der Waals surface area contributed by atoms with Crippen molar-refractivity contribution in [3.8, 4) is 5.75 Å².